The summed E-state index contributed by atoms with van der Waals surface area (Å²) in [4.78, 5) is 0.644. The number of hydrogen-bond donors (Lipinski definition) is 2. The quantitative estimate of drug-likeness (QED) is 0.772. The molecule has 5 heteroatoms. The van der Waals surface area contributed by atoms with E-state index in [0.29, 0.717) is 23.2 Å². The van der Waals surface area contributed by atoms with Crippen LogP contribution in [0.2, 0.25) is 0 Å². The molecular formula is C13H19NO3S. The fourth-order valence-corrected chi connectivity index (χ4v) is 2.97. The summed E-state index contributed by atoms with van der Waals surface area (Å²) in [6, 6.07) is 7.77. The van der Waals surface area contributed by atoms with Crippen LogP contribution in [-0.4, -0.2) is 40.9 Å². The summed E-state index contributed by atoms with van der Waals surface area (Å²) in [5.41, 5.74) is 0. The smallest absolute Gasteiger partial charge is 0.134 e. The molecule has 1 aliphatic rings. The number of rotatable bonds is 7. The number of nitrogens with one attached hydrogen (secondary N) is 1. The molecular weight excluding hydrogens is 250 g/mol. The number of aliphatic hydroxyl groups is 1. The lowest BCUT2D eigenvalue weighted by molar-refractivity contribution is 0.194. The molecule has 0 saturated heterocycles. The molecule has 0 amide bonds. The van der Waals surface area contributed by atoms with Crippen molar-refractivity contribution in [3.8, 4) is 5.75 Å². The summed E-state index contributed by atoms with van der Waals surface area (Å²) in [5.74, 6) is 0.846. The van der Waals surface area contributed by atoms with Crippen LogP contribution in [0.1, 0.15) is 12.8 Å². The summed E-state index contributed by atoms with van der Waals surface area (Å²) in [5, 5.41) is 13.1. The summed E-state index contributed by atoms with van der Waals surface area (Å²) >= 11 is 0. The fourth-order valence-electron chi connectivity index (χ4n) is 1.72. The predicted molar refractivity (Wildman–Crippen MR) is 71.3 cm³/mol. The minimum absolute atomic E-state index is 0.236. The minimum Gasteiger partial charge on any atom is -0.495 e. The van der Waals surface area contributed by atoms with Crippen LogP contribution >= 0.6 is 0 Å². The zero-order chi connectivity index (χ0) is 13.0. The van der Waals surface area contributed by atoms with Crippen molar-refractivity contribution < 1.29 is 14.1 Å². The normalized spacial score (nSPS) is 18.3. The summed E-state index contributed by atoms with van der Waals surface area (Å²) in [6.45, 7) is 0.506. The number of hydrogen-bond acceptors (Lipinski definition) is 4. The van der Waals surface area contributed by atoms with Gasteiger partial charge in [0, 0.05) is 12.6 Å². The Balaban J connectivity index is 1.89. The Morgan fingerprint density at radius 3 is 2.89 bits per heavy atom. The van der Waals surface area contributed by atoms with E-state index in [0.717, 1.165) is 0 Å². The maximum atomic E-state index is 12.1. The standard InChI is InChI=1S/C13H19NO3S/c1-17-12-4-2-3-5-13(12)18(16)9-11(15)8-14-10-6-7-10/h2-5,10-11,14-15H,6-9H2,1H3. The summed E-state index contributed by atoms with van der Waals surface area (Å²) in [6.07, 6.45) is 1.78. The van der Waals surface area contributed by atoms with Crippen molar-refractivity contribution in [3.05, 3.63) is 24.3 Å². The first-order chi connectivity index (χ1) is 8.70. The van der Waals surface area contributed by atoms with E-state index in [4.69, 9.17) is 4.74 Å². The van der Waals surface area contributed by atoms with Crippen LogP contribution in [0.5, 0.6) is 5.75 Å². The lowest BCUT2D eigenvalue weighted by Crippen LogP contribution is -2.32. The van der Waals surface area contributed by atoms with Gasteiger partial charge in [-0.05, 0) is 25.0 Å². The molecule has 0 aromatic heterocycles. The number of para-hydroxylation sites is 1. The molecule has 0 spiro atoms. The van der Waals surface area contributed by atoms with E-state index in [1.807, 2.05) is 12.1 Å². The number of aliphatic hydroxyl groups excluding tert-OH is 1. The van der Waals surface area contributed by atoms with Crippen molar-refractivity contribution in [2.75, 3.05) is 19.4 Å². The first kappa shape index (κ1) is 13.5. The zero-order valence-electron chi connectivity index (χ0n) is 10.5. The van der Waals surface area contributed by atoms with Gasteiger partial charge in [0.25, 0.3) is 0 Å². The molecule has 2 N–H and O–H groups in total. The topological polar surface area (TPSA) is 58.6 Å². The van der Waals surface area contributed by atoms with Crippen molar-refractivity contribution in [2.45, 2.75) is 29.9 Å². The van der Waals surface area contributed by atoms with E-state index in [1.54, 1.807) is 19.2 Å². The van der Waals surface area contributed by atoms with Crippen LogP contribution < -0.4 is 10.1 Å². The Morgan fingerprint density at radius 2 is 2.22 bits per heavy atom. The lowest BCUT2D eigenvalue weighted by Gasteiger charge is -2.12. The van der Waals surface area contributed by atoms with Crippen molar-refractivity contribution in [2.24, 2.45) is 0 Å². The Labute approximate surface area is 110 Å². The molecule has 1 aromatic rings. The van der Waals surface area contributed by atoms with Gasteiger partial charge in [-0.3, -0.25) is 4.21 Å². The molecule has 0 radical (unpaired) electrons. The number of methoxy groups -OCH3 is 1. The molecule has 4 nitrogen and oxygen atoms in total. The third-order valence-electron chi connectivity index (χ3n) is 2.88. The number of ether oxygens (including phenoxy) is 1. The first-order valence-corrected chi connectivity index (χ1v) is 7.45. The highest BCUT2D eigenvalue weighted by Crippen LogP contribution is 2.22. The first-order valence-electron chi connectivity index (χ1n) is 6.13. The molecule has 2 rings (SSSR count). The molecule has 18 heavy (non-hydrogen) atoms. The van der Waals surface area contributed by atoms with E-state index in [1.165, 1.54) is 12.8 Å². The average Bonchev–Trinajstić information content (AvgIpc) is 3.20. The van der Waals surface area contributed by atoms with Crippen LogP contribution in [0.15, 0.2) is 29.2 Å². The van der Waals surface area contributed by atoms with Crippen molar-refractivity contribution in [1.29, 1.82) is 0 Å². The minimum atomic E-state index is -1.23. The largest absolute Gasteiger partial charge is 0.495 e. The highest BCUT2D eigenvalue weighted by Gasteiger charge is 2.22. The molecule has 0 heterocycles. The Hall–Kier alpha value is -0.910. The van der Waals surface area contributed by atoms with E-state index in [9.17, 15) is 9.32 Å². The van der Waals surface area contributed by atoms with E-state index in [-0.39, 0.29) is 5.75 Å². The summed E-state index contributed by atoms with van der Waals surface area (Å²) in [7, 11) is 0.322. The second kappa shape index (κ2) is 6.31. The van der Waals surface area contributed by atoms with Crippen LogP contribution in [0, 0.1) is 0 Å². The van der Waals surface area contributed by atoms with Crippen LogP contribution in [-0.2, 0) is 10.8 Å². The molecule has 1 fully saturated rings. The second-order valence-electron chi connectivity index (χ2n) is 4.50. The lowest BCUT2D eigenvalue weighted by atomic mass is 10.3. The van der Waals surface area contributed by atoms with Gasteiger partial charge in [-0.25, -0.2) is 0 Å². The van der Waals surface area contributed by atoms with Crippen LogP contribution in [0.25, 0.3) is 0 Å². The third-order valence-corrected chi connectivity index (χ3v) is 4.39. The summed E-state index contributed by atoms with van der Waals surface area (Å²) < 4.78 is 17.3. The Bertz CT molecular complexity index is 420. The fraction of sp³-hybridized carbons (Fsp3) is 0.538. The maximum absolute atomic E-state index is 12.1. The Morgan fingerprint density at radius 1 is 1.50 bits per heavy atom. The molecule has 0 aliphatic heterocycles. The van der Waals surface area contributed by atoms with Gasteiger partial charge in [0.1, 0.15) is 5.75 Å². The van der Waals surface area contributed by atoms with Crippen LogP contribution in [0.3, 0.4) is 0 Å². The second-order valence-corrected chi connectivity index (χ2v) is 5.96. The highest BCUT2D eigenvalue weighted by atomic mass is 32.2. The zero-order valence-corrected chi connectivity index (χ0v) is 11.3. The predicted octanol–water partition coefficient (Wildman–Crippen LogP) is 0.916. The molecule has 0 bridgehead atoms. The van der Waals surface area contributed by atoms with Crippen LogP contribution in [0.4, 0.5) is 0 Å². The molecule has 2 unspecified atom stereocenters. The highest BCUT2D eigenvalue weighted by molar-refractivity contribution is 7.85. The van der Waals surface area contributed by atoms with Gasteiger partial charge in [0.15, 0.2) is 0 Å². The molecule has 100 valence electrons. The number of benzene rings is 1. The van der Waals surface area contributed by atoms with Crippen molar-refractivity contribution in [3.63, 3.8) is 0 Å². The maximum Gasteiger partial charge on any atom is 0.134 e. The SMILES string of the molecule is COc1ccccc1S(=O)CC(O)CNC1CC1. The third kappa shape index (κ3) is 3.80. The van der Waals surface area contributed by atoms with Gasteiger partial charge in [0.2, 0.25) is 0 Å². The van der Waals surface area contributed by atoms with Gasteiger partial charge < -0.3 is 15.2 Å². The van der Waals surface area contributed by atoms with Crippen molar-refractivity contribution in [1.82, 2.24) is 5.32 Å². The van der Waals surface area contributed by atoms with Crippen molar-refractivity contribution >= 4 is 10.8 Å². The van der Waals surface area contributed by atoms with Gasteiger partial charge >= 0.3 is 0 Å². The Kier molecular flexibility index (Phi) is 4.74. The van der Waals surface area contributed by atoms with Gasteiger partial charge in [-0.2, -0.15) is 0 Å². The monoisotopic (exact) mass is 269 g/mol. The molecule has 1 aromatic carbocycles. The molecule has 1 saturated carbocycles. The van der Waals surface area contributed by atoms with Gasteiger partial charge in [0.05, 0.1) is 34.7 Å². The molecule has 1 aliphatic carbocycles. The van der Waals surface area contributed by atoms with E-state index >= 15 is 0 Å². The van der Waals surface area contributed by atoms with E-state index < -0.39 is 16.9 Å². The van der Waals surface area contributed by atoms with Gasteiger partial charge in [-0.15, -0.1) is 0 Å². The molecule has 2 atom stereocenters. The van der Waals surface area contributed by atoms with E-state index in [2.05, 4.69) is 5.32 Å². The average molecular weight is 269 g/mol. The van der Waals surface area contributed by atoms with Gasteiger partial charge in [-0.1, -0.05) is 12.1 Å².